The summed E-state index contributed by atoms with van der Waals surface area (Å²) in [5.41, 5.74) is 7.30. The van der Waals surface area contributed by atoms with Gasteiger partial charge >= 0.3 is 12.0 Å². The maximum atomic E-state index is 10.2. The highest BCUT2D eigenvalue weighted by Gasteiger charge is 2.10. The number of hydrogen-bond acceptors (Lipinski definition) is 6. The molecule has 0 radical (unpaired) electrons. The van der Waals surface area contributed by atoms with E-state index in [0.717, 1.165) is 13.1 Å². The van der Waals surface area contributed by atoms with Crippen molar-refractivity contribution in [3.8, 4) is 0 Å². The van der Waals surface area contributed by atoms with E-state index in [1.165, 1.54) is 0 Å². The highest BCUT2D eigenvalue weighted by atomic mass is 16.4. The average Bonchev–Trinajstić information content (AvgIpc) is 2.67. The SMILES string of the molecule is NC(=O)NN1CCNC1.O=C(O)CNCO. The monoisotopic (exact) mass is 235 g/mol. The van der Waals surface area contributed by atoms with Gasteiger partial charge in [0.1, 0.15) is 0 Å². The molecule has 1 heterocycles. The second-order valence-electron chi connectivity index (χ2n) is 2.88. The fourth-order valence-electron chi connectivity index (χ4n) is 0.921. The number of hydrazine groups is 1. The van der Waals surface area contributed by atoms with Crippen LogP contribution < -0.4 is 21.8 Å². The number of aliphatic hydroxyl groups is 1. The van der Waals surface area contributed by atoms with E-state index in [2.05, 4.69) is 16.1 Å². The molecule has 0 atom stereocenters. The zero-order valence-electron chi connectivity index (χ0n) is 8.77. The maximum Gasteiger partial charge on any atom is 0.326 e. The Balaban J connectivity index is 0.000000293. The molecule has 0 spiro atoms. The predicted molar refractivity (Wildman–Crippen MR) is 55.0 cm³/mol. The summed E-state index contributed by atoms with van der Waals surface area (Å²) < 4.78 is 0. The van der Waals surface area contributed by atoms with Gasteiger partial charge in [0.25, 0.3) is 0 Å². The summed E-state index contributed by atoms with van der Waals surface area (Å²) >= 11 is 0. The van der Waals surface area contributed by atoms with Gasteiger partial charge in [0.15, 0.2) is 0 Å². The Hall–Kier alpha value is -1.42. The Bertz CT molecular complexity index is 219. The van der Waals surface area contributed by atoms with Crippen molar-refractivity contribution in [2.45, 2.75) is 0 Å². The summed E-state index contributed by atoms with van der Waals surface area (Å²) in [6.07, 6.45) is 0. The number of aliphatic carboxylic acids is 1. The lowest BCUT2D eigenvalue weighted by molar-refractivity contribution is -0.136. The molecule has 0 aromatic carbocycles. The standard InChI is InChI=1S/C4H10N4O.C3H7NO3/c5-4(9)7-8-2-1-6-3-8;5-2-4-1-3(6)7/h6H,1-3H2,(H3,5,7,9);4-5H,1-2H2,(H,6,7). The van der Waals surface area contributed by atoms with Crippen LogP contribution in [0.3, 0.4) is 0 Å². The number of nitrogens with two attached hydrogens (primary N) is 1. The number of carbonyl (C=O) groups excluding carboxylic acids is 1. The zero-order valence-corrected chi connectivity index (χ0v) is 8.77. The van der Waals surface area contributed by atoms with E-state index in [1.54, 1.807) is 5.01 Å². The van der Waals surface area contributed by atoms with Gasteiger partial charge in [0.2, 0.25) is 0 Å². The first-order chi connectivity index (χ1) is 7.56. The summed E-state index contributed by atoms with van der Waals surface area (Å²) in [6.45, 7) is 1.94. The van der Waals surface area contributed by atoms with E-state index in [0.29, 0.717) is 6.67 Å². The van der Waals surface area contributed by atoms with Gasteiger partial charge < -0.3 is 21.3 Å². The highest BCUT2D eigenvalue weighted by molar-refractivity contribution is 5.71. The molecule has 0 saturated carbocycles. The number of amides is 2. The number of carboxylic acids is 1. The minimum Gasteiger partial charge on any atom is -0.480 e. The van der Waals surface area contributed by atoms with Gasteiger partial charge in [-0.25, -0.2) is 9.80 Å². The molecule has 1 aliphatic rings. The predicted octanol–water partition coefficient (Wildman–Crippen LogP) is -2.96. The minimum absolute atomic E-state index is 0.184. The molecule has 16 heavy (non-hydrogen) atoms. The lowest BCUT2D eigenvalue weighted by Crippen LogP contribution is -2.44. The number of nitrogens with zero attached hydrogens (tertiary/aromatic N) is 1. The highest BCUT2D eigenvalue weighted by Crippen LogP contribution is 1.84. The molecule has 94 valence electrons. The van der Waals surface area contributed by atoms with Gasteiger partial charge in [-0.15, -0.1) is 0 Å². The molecule has 0 aromatic rings. The Morgan fingerprint density at radius 1 is 1.50 bits per heavy atom. The first kappa shape index (κ1) is 14.6. The first-order valence-electron chi connectivity index (χ1n) is 4.61. The van der Waals surface area contributed by atoms with Crippen molar-refractivity contribution in [1.82, 2.24) is 21.1 Å². The normalized spacial score (nSPS) is 15.1. The number of urea groups is 1. The summed E-state index contributed by atoms with van der Waals surface area (Å²) in [5, 5.41) is 22.8. The third kappa shape index (κ3) is 9.15. The Morgan fingerprint density at radius 2 is 2.19 bits per heavy atom. The van der Waals surface area contributed by atoms with Crippen LogP contribution in [0.25, 0.3) is 0 Å². The van der Waals surface area contributed by atoms with Gasteiger partial charge in [-0.2, -0.15) is 0 Å². The van der Waals surface area contributed by atoms with E-state index in [1.807, 2.05) is 0 Å². The Kier molecular flexibility index (Phi) is 8.07. The van der Waals surface area contributed by atoms with Gasteiger partial charge in [-0.05, 0) is 0 Å². The number of carboxylic acid groups (broad SMARTS) is 1. The largest absolute Gasteiger partial charge is 0.480 e. The third-order valence-electron chi connectivity index (χ3n) is 1.52. The Labute approximate surface area is 92.6 Å². The fourth-order valence-corrected chi connectivity index (χ4v) is 0.921. The van der Waals surface area contributed by atoms with Gasteiger partial charge in [0, 0.05) is 13.1 Å². The van der Waals surface area contributed by atoms with Gasteiger partial charge in [-0.1, -0.05) is 0 Å². The summed E-state index contributed by atoms with van der Waals surface area (Å²) in [6, 6.07) is -0.501. The quantitative estimate of drug-likeness (QED) is 0.286. The molecule has 9 heteroatoms. The molecule has 1 rings (SSSR count). The molecule has 7 N–H and O–H groups in total. The minimum atomic E-state index is -0.964. The molecule has 2 amide bonds. The van der Waals surface area contributed by atoms with Gasteiger partial charge in [-0.3, -0.25) is 15.5 Å². The van der Waals surface area contributed by atoms with Crippen LogP contribution in [-0.4, -0.2) is 60.3 Å². The fraction of sp³-hybridized carbons (Fsp3) is 0.714. The van der Waals surface area contributed by atoms with Crippen LogP contribution in [0, 0.1) is 0 Å². The van der Waals surface area contributed by atoms with E-state index in [-0.39, 0.29) is 13.3 Å². The molecule has 0 bridgehead atoms. The van der Waals surface area contributed by atoms with Crippen molar-refractivity contribution < 1.29 is 19.8 Å². The number of primary amides is 1. The molecular weight excluding hydrogens is 218 g/mol. The van der Waals surface area contributed by atoms with Crippen LogP contribution in [0.2, 0.25) is 0 Å². The number of nitrogens with one attached hydrogen (secondary N) is 3. The summed E-state index contributed by atoms with van der Waals surface area (Å²) in [4.78, 5) is 19.8. The van der Waals surface area contributed by atoms with E-state index >= 15 is 0 Å². The molecule has 0 unspecified atom stereocenters. The van der Waals surface area contributed by atoms with Crippen molar-refractivity contribution in [3.05, 3.63) is 0 Å². The Morgan fingerprint density at radius 3 is 2.50 bits per heavy atom. The lowest BCUT2D eigenvalue weighted by Gasteiger charge is -2.12. The second kappa shape index (κ2) is 8.85. The molecular formula is C7H17N5O4. The van der Waals surface area contributed by atoms with Gasteiger partial charge in [0.05, 0.1) is 19.9 Å². The molecule has 0 aromatic heterocycles. The molecule has 0 aliphatic carbocycles. The second-order valence-corrected chi connectivity index (χ2v) is 2.88. The van der Waals surface area contributed by atoms with E-state index in [9.17, 15) is 9.59 Å². The number of rotatable bonds is 4. The smallest absolute Gasteiger partial charge is 0.326 e. The maximum absolute atomic E-state index is 10.2. The van der Waals surface area contributed by atoms with Crippen molar-refractivity contribution in [2.75, 3.05) is 33.0 Å². The van der Waals surface area contributed by atoms with Crippen molar-refractivity contribution in [3.63, 3.8) is 0 Å². The van der Waals surface area contributed by atoms with Crippen LogP contribution in [0.15, 0.2) is 0 Å². The number of hydrogen-bond donors (Lipinski definition) is 6. The van der Waals surface area contributed by atoms with E-state index < -0.39 is 12.0 Å². The summed E-state index contributed by atoms with van der Waals surface area (Å²) in [7, 11) is 0. The topological polar surface area (TPSA) is 140 Å². The zero-order chi connectivity index (χ0) is 12.4. The lowest BCUT2D eigenvalue weighted by atomic mass is 10.7. The van der Waals surface area contributed by atoms with Crippen molar-refractivity contribution in [1.29, 1.82) is 0 Å². The van der Waals surface area contributed by atoms with Crippen molar-refractivity contribution >= 4 is 12.0 Å². The molecule has 1 fully saturated rings. The van der Waals surface area contributed by atoms with Crippen LogP contribution in [0.1, 0.15) is 0 Å². The molecule has 1 aliphatic heterocycles. The first-order valence-corrected chi connectivity index (χ1v) is 4.61. The van der Waals surface area contributed by atoms with Crippen LogP contribution in [0.5, 0.6) is 0 Å². The van der Waals surface area contributed by atoms with Crippen LogP contribution >= 0.6 is 0 Å². The van der Waals surface area contributed by atoms with Crippen molar-refractivity contribution in [2.24, 2.45) is 5.73 Å². The third-order valence-corrected chi connectivity index (χ3v) is 1.52. The van der Waals surface area contributed by atoms with Crippen LogP contribution in [0.4, 0.5) is 4.79 Å². The van der Waals surface area contributed by atoms with E-state index in [4.69, 9.17) is 15.9 Å². The molecule has 1 saturated heterocycles. The molecule has 9 nitrogen and oxygen atoms in total. The average molecular weight is 235 g/mol. The van der Waals surface area contributed by atoms with Crippen LogP contribution in [-0.2, 0) is 4.79 Å². The summed E-state index contributed by atoms with van der Waals surface area (Å²) in [5.74, 6) is -0.964. The number of aliphatic hydroxyl groups excluding tert-OH is 1. The number of carbonyl (C=O) groups is 2.